The summed E-state index contributed by atoms with van der Waals surface area (Å²) < 4.78 is 12.6. The molecule has 1 aromatic rings. The molecule has 0 spiro atoms. The summed E-state index contributed by atoms with van der Waals surface area (Å²) in [6.07, 6.45) is 1.49. The van der Waals surface area contributed by atoms with Crippen LogP contribution in [0, 0.1) is 5.82 Å². The van der Waals surface area contributed by atoms with Crippen LogP contribution in [0.4, 0.5) is 4.39 Å². The molecule has 0 aromatic carbocycles. The van der Waals surface area contributed by atoms with Gasteiger partial charge in [-0.1, -0.05) is 0 Å². The Morgan fingerprint density at radius 2 is 2.27 bits per heavy atom. The Kier molecular flexibility index (Phi) is 4.86. The monoisotopic (exact) mass is 210 g/mol. The van der Waals surface area contributed by atoms with Crippen molar-refractivity contribution in [1.82, 2.24) is 4.98 Å². The number of aromatic nitrogens is 1. The molecular weight excluding hydrogens is 203 g/mol. The number of aliphatic hydroxyl groups is 1. The zero-order valence-corrected chi connectivity index (χ0v) is 8.21. The van der Waals surface area contributed by atoms with Crippen LogP contribution in [-0.2, 0) is 25.2 Å². The molecule has 0 saturated carbocycles. The van der Waals surface area contributed by atoms with Gasteiger partial charge >= 0.3 is 0 Å². The molecular formula is C6H7FNOPV. The number of halogens is 1. The molecule has 0 saturated heterocycles. The van der Waals surface area contributed by atoms with E-state index in [-0.39, 0.29) is 30.9 Å². The van der Waals surface area contributed by atoms with Crippen LogP contribution in [0.15, 0.2) is 12.3 Å². The number of hydrogen-bond acceptors (Lipinski definition) is 2. The van der Waals surface area contributed by atoms with Crippen molar-refractivity contribution in [1.29, 1.82) is 0 Å². The molecule has 0 aliphatic heterocycles. The maximum Gasteiger partial charge on any atom is 0.147 e. The van der Waals surface area contributed by atoms with Crippen molar-refractivity contribution in [2.75, 3.05) is 0 Å². The normalized spacial score (nSPS) is 9.00. The van der Waals surface area contributed by atoms with E-state index in [1.807, 2.05) is 0 Å². The van der Waals surface area contributed by atoms with Crippen molar-refractivity contribution < 1.29 is 28.1 Å². The van der Waals surface area contributed by atoms with Gasteiger partial charge in [-0.25, -0.2) is 4.39 Å². The Morgan fingerprint density at radius 1 is 1.64 bits per heavy atom. The molecule has 1 unspecified atom stereocenters. The average Bonchev–Trinajstić information content (AvgIpc) is 1.88. The SMILES string of the molecule is OCc1ncc(P)cc1F.[V]. The molecule has 1 aromatic heterocycles. The van der Waals surface area contributed by atoms with Gasteiger partial charge in [-0.05, 0) is 11.4 Å². The molecule has 0 amide bonds. The number of hydrogen-bond donors (Lipinski definition) is 1. The molecule has 1 rings (SSSR count). The molecule has 0 aliphatic carbocycles. The van der Waals surface area contributed by atoms with Crippen LogP contribution in [0.5, 0.6) is 0 Å². The van der Waals surface area contributed by atoms with Crippen molar-refractivity contribution in [3.8, 4) is 0 Å². The van der Waals surface area contributed by atoms with E-state index in [0.717, 1.165) is 0 Å². The van der Waals surface area contributed by atoms with Crippen molar-refractivity contribution in [2.24, 2.45) is 0 Å². The second-order valence-corrected chi connectivity index (χ2v) is 2.52. The summed E-state index contributed by atoms with van der Waals surface area (Å²) >= 11 is 0. The zero-order chi connectivity index (χ0) is 7.56. The van der Waals surface area contributed by atoms with E-state index in [1.165, 1.54) is 12.3 Å². The van der Waals surface area contributed by atoms with Crippen LogP contribution in [0.25, 0.3) is 0 Å². The fourth-order valence-electron chi connectivity index (χ4n) is 0.597. The number of pyridine rings is 1. The smallest absolute Gasteiger partial charge is 0.147 e. The van der Waals surface area contributed by atoms with Crippen LogP contribution in [-0.4, -0.2) is 10.1 Å². The molecule has 0 fully saturated rings. The van der Waals surface area contributed by atoms with Gasteiger partial charge in [0.15, 0.2) is 0 Å². The van der Waals surface area contributed by atoms with E-state index >= 15 is 0 Å². The van der Waals surface area contributed by atoms with Gasteiger partial charge in [0.2, 0.25) is 0 Å². The first-order valence-corrected chi connectivity index (χ1v) is 3.32. The topological polar surface area (TPSA) is 33.1 Å². The van der Waals surface area contributed by atoms with E-state index in [9.17, 15) is 4.39 Å². The van der Waals surface area contributed by atoms with Gasteiger partial charge in [0, 0.05) is 24.8 Å². The standard InChI is InChI=1S/C6H7FNOP.V/c7-5-1-4(10)2-8-6(5)3-9;/h1-2,9H,3,10H2;. The molecule has 5 heteroatoms. The molecule has 1 heterocycles. The molecule has 59 valence electrons. The van der Waals surface area contributed by atoms with Gasteiger partial charge < -0.3 is 5.11 Å². The summed E-state index contributed by atoms with van der Waals surface area (Å²) in [7, 11) is 2.32. The summed E-state index contributed by atoms with van der Waals surface area (Å²) in [4.78, 5) is 3.65. The third-order valence-electron chi connectivity index (χ3n) is 1.09. The molecule has 11 heavy (non-hydrogen) atoms. The van der Waals surface area contributed by atoms with Gasteiger partial charge in [0.1, 0.15) is 11.5 Å². The zero-order valence-electron chi connectivity index (χ0n) is 5.66. The summed E-state index contributed by atoms with van der Waals surface area (Å²) in [5.74, 6) is -0.463. The van der Waals surface area contributed by atoms with E-state index in [2.05, 4.69) is 14.2 Å². The van der Waals surface area contributed by atoms with Gasteiger partial charge in [-0.15, -0.1) is 9.24 Å². The largest absolute Gasteiger partial charge is 0.390 e. The van der Waals surface area contributed by atoms with Crippen LogP contribution < -0.4 is 5.30 Å². The first-order chi connectivity index (χ1) is 4.74. The quantitative estimate of drug-likeness (QED) is 0.672. The maximum atomic E-state index is 12.6. The van der Waals surface area contributed by atoms with Crippen LogP contribution >= 0.6 is 9.24 Å². The Balaban J connectivity index is 0.000001000. The Bertz CT molecular complexity index is 246. The van der Waals surface area contributed by atoms with Gasteiger partial charge in [0.25, 0.3) is 0 Å². The van der Waals surface area contributed by atoms with E-state index < -0.39 is 5.82 Å². The van der Waals surface area contributed by atoms with Crippen molar-refractivity contribution in [3.05, 3.63) is 23.8 Å². The van der Waals surface area contributed by atoms with Gasteiger partial charge in [-0.2, -0.15) is 0 Å². The predicted octanol–water partition coefficient (Wildman–Crippen LogP) is 0.211. The summed E-state index contributed by atoms with van der Waals surface area (Å²) in [5, 5.41) is 9.18. The minimum absolute atomic E-state index is 0. The molecule has 1 N–H and O–H groups in total. The van der Waals surface area contributed by atoms with Crippen molar-refractivity contribution >= 4 is 14.5 Å². The molecule has 0 bridgehead atoms. The molecule has 0 aliphatic rings. The average molecular weight is 210 g/mol. The second-order valence-electron chi connectivity index (χ2n) is 1.86. The number of rotatable bonds is 1. The Morgan fingerprint density at radius 3 is 2.73 bits per heavy atom. The fourth-order valence-corrected chi connectivity index (χ4v) is 0.818. The van der Waals surface area contributed by atoms with Gasteiger partial charge in [-0.3, -0.25) is 4.98 Å². The molecule has 2 nitrogen and oxygen atoms in total. The third kappa shape index (κ3) is 2.88. The van der Waals surface area contributed by atoms with E-state index in [1.54, 1.807) is 0 Å². The number of aliphatic hydroxyl groups excluding tert-OH is 1. The van der Waals surface area contributed by atoms with Crippen molar-refractivity contribution in [3.63, 3.8) is 0 Å². The molecule has 1 atom stereocenters. The summed E-state index contributed by atoms with van der Waals surface area (Å²) in [6.45, 7) is -0.350. The van der Waals surface area contributed by atoms with Crippen LogP contribution in [0.2, 0.25) is 0 Å². The first kappa shape index (κ1) is 11.1. The van der Waals surface area contributed by atoms with E-state index in [0.29, 0.717) is 5.30 Å². The number of nitrogens with zero attached hydrogens (tertiary/aromatic N) is 1. The van der Waals surface area contributed by atoms with Crippen LogP contribution in [0.3, 0.4) is 0 Å². The van der Waals surface area contributed by atoms with Gasteiger partial charge in [0.05, 0.1) is 6.61 Å². The first-order valence-electron chi connectivity index (χ1n) is 2.75. The summed E-state index contributed by atoms with van der Waals surface area (Å²) in [5.41, 5.74) is 0.0891. The van der Waals surface area contributed by atoms with Crippen molar-refractivity contribution in [2.45, 2.75) is 6.61 Å². The fraction of sp³-hybridized carbons (Fsp3) is 0.167. The van der Waals surface area contributed by atoms with Crippen LogP contribution in [0.1, 0.15) is 5.69 Å². The Hall–Kier alpha value is 0.0544. The van der Waals surface area contributed by atoms with E-state index in [4.69, 9.17) is 5.11 Å². The predicted molar refractivity (Wildman–Crippen MR) is 39.5 cm³/mol. The second kappa shape index (κ2) is 4.84. The minimum Gasteiger partial charge on any atom is -0.390 e. The maximum absolute atomic E-state index is 12.6. The summed E-state index contributed by atoms with van der Waals surface area (Å²) in [6, 6.07) is 1.31. The Labute approximate surface area is 78.3 Å². The third-order valence-corrected chi connectivity index (χ3v) is 1.40. The molecule has 1 radical (unpaired) electrons. The minimum atomic E-state index is -0.463.